The Morgan fingerprint density at radius 3 is 2.77 bits per heavy atom. The van der Waals surface area contributed by atoms with Gasteiger partial charge >= 0.3 is 5.97 Å². The molecule has 1 aromatic rings. The van der Waals surface area contributed by atoms with Crippen molar-refractivity contribution in [3.8, 4) is 11.5 Å². The molecule has 0 aliphatic carbocycles. The van der Waals surface area contributed by atoms with Crippen molar-refractivity contribution in [3.63, 3.8) is 0 Å². The summed E-state index contributed by atoms with van der Waals surface area (Å²) in [6.07, 6.45) is 1.32. The van der Waals surface area contributed by atoms with Crippen molar-refractivity contribution in [2.24, 2.45) is 5.92 Å². The minimum atomic E-state index is -0.845. The quantitative estimate of drug-likeness (QED) is 0.900. The van der Waals surface area contributed by atoms with Crippen LogP contribution in [0.25, 0.3) is 0 Å². The second-order valence-electron chi connectivity index (χ2n) is 5.23. The molecule has 6 heteroatoms. The van der Waals surface area contributed by atoms with Crippen LogP contribution < -0.4 is 9.47 Å². The molecule has 0 saturated carbocycles. The van der Waals surface area contributed by atoms with E-state index in [2.05, 4.69) is 0 Å². The fourth-order valence-corrected chi connectivity index (χ4v) is 2.62. The highest BCUT2D eigenvalue weighted by Crippen LogP contribution is 2.29. The first kappa shape index (κ1) is 16.1. The van der Waals surface area contributed by atoms with Crippen LogP contribution in [-0.4, -0.2) is 48.7 Å². The molecule has 1 aromatic carbocycles. The van der Waals surface area contributed by atoms with Crippen LogP contribution in [0.3, 0.4) is 0 Å². The maximum Gasteiger partial charge on any atom is 0.308 e. The van der Waals surface area contributed by atoms with E-state index in [-0.39, 0.29) is 12.5 Å². The minimum absolute atomic E-state index is 0.172. The highest BCUT2D eigenvalue weighted by molar-refractivity contribution is 5.95. The number of carboxylic acids is 1. The number of carbonyl (C=O) groups is 2. The van der Waals surface area contributed by atoms with Crippen LogP contribution in [-0.2, 0) is 4.79 Å². The van der Waals surface area contributed by atoms with Crippen molar-refractivity contribution in [1.82, 2.24) is 4.90 Å². The summed E-state index contributed by atoms with van der Waals surface area (Å²) in [4.78, 5) is 25.3. The lowest BCUT2D eigenvalue weighted by Gasteiger charge is -2.30. The number of methoxy groups -OCH3 is 1. The lowest BCUT2D eigenvalue weighted by molar-refractivity contribution is -0.143. The fourth-order valence-electron chi connectivity index (χ4n) is 2.62. The summed E-state index contributed by atoms with van der Waals surface area (Å²) in [5.74, 6) is -0.415. The van der Waals surface area contributed by atoms with Gasteiger partial charge in [0.15, 0.2) is 11.5 Å². The van der Waals surface area contributed by atoms with Crippen molar-refractivity contribution in [2.75, 3.05) is 26.8 Å². The van der Waals surface area contributed by atoms with Gasteiger partial charge in [-0.2, -0.15) is 0 Å². The molecule has 2 rings (SSSR count). The Balaban J connectivity index is 2.18. The van der Waals surface area contributed by atoms with Gasteiger partial charge in [0, 0.05) is 18.7 Å². The first-order chi connectivity index (χ1) is 10.6. The third kappa shape index (κ3) is 3.50. The van der Waals surface area contributed by atoms with E-state index in [4.69, 9.17) is 14.6 Å². The van der Waals surface area contributed by atoms with E-state index in [1.54, 1.807) is 30.2 Å². The van der Waals surface area contributed by atoms with Crippen LogP contribution in [0.4, 0.5) is 0 Å². The maximum absolute atomic E-state index is 12.6. The molecule has 0 radical (unpaired) electrons. The summed E-state index contributed by atoms with van der Waals surface area (Å²) >= 11 is 0. The van der Waals surface area contributed by atoms with E-state index >= 15 is 0 Å². The van der Waals surface area contributed by atoms with E-state index in [1.165, 1.54) is 0 Å². The van der Waals surface area contributed by atoms with Crippen molar-refractivity contribution in [2.45, 2.75) is 19.8 Å². The standard InChI is InChI=1S/C16H21NO5/c1-3-22-14-9-11(6-7-13(14)21-2)15(18)17-8-4-5-12(10-17)16(19)20/h6-7,9,12H,3-5,8,10H2,1-2H3,(H,19,20)/t12-/m0/s1. The lowest BCUT2D eigenvalue weighted by Crippen LogP contribution is -2.42. The zero-order valence-electron chi connectivity index (χ0n) is 12.9. The van der Waals surface area contributed by atoms with Crippen molar-refractivity contribution >= 4 is 11.9 Å². The molecule has 0 spiro atoms. The van der Waals surface area contributed by atoms with E-state index in [0.29, 0.717) is 43.1 Å². The van der Waals surface area contributed by atoms with Gasteiger partial charge in [-0.25, -0.2) is 0 Å². The van der Waals surface area contributed by atoms with E-state index < -0.39 is 11.9 Å². The third-order valence-electron chi connectivity index (χ3n) is 3.77. The van der Waals surface area contributed by atoms with Gasteiger partial charge in [-0.3, -0.25) is 9.59 Å². The van der Waals surface area contributed by atoms with Crippen molar-refractivity contribution < 1.29 is 24.2 Å². The van der Waals surface area contributed by atoms with Gasteiger partial charge in [0.2, 0.25) is 0 Å². The molecule has 22 heavy (non-hydrogen) atoms. The van der Waals surface area contributed by atoms with Gasteiger partial charge in [-0.05, 0) is 38.0 Å². The number of carbonyl (C=O) groups excluding carboxylic acids is 1. The largest absolute Gasteiger partial charge is 0.493 e. The highest BCUT2D eigenvalue weighted by atomic mass is 16.5. The smallest absolute Gasteiger partial charge is 0.308 e. The molecule has 0 aromatic heterocycles. The molecule has 1 fully saturated rings. The monoisotopic (exact) mass is 307 g/mol. The van der Waals surface area contributed by atoms with Crippen LogP contribution in [0.15, 0.2) is 18.2 Å². The normalized spacial score (nSPS) is 17.9. The Kier molecular flexibility index (Phi) is 5.25. The van der Waals surface area contributed by atoms with E-state index in [0.717, 1.165) is 0 Å². The van der Waals surface area contributed by atoms with E-state index in [9.17, 15) is 9.59 Å². The van der Waals surface area contributed by atoms with Gasteiger partial charge < -0.3 is 19.5 Å². The molecule has 0 unspecified atom stereocenters. The molecule has 1 N–H and O–H groups in total. The van der Waals surface area contributed by atoms with Crippen molar-refractivity contribution in [3.05, 3.63) is 23.8 Å². The van der Waals surface area contributed by atoms with Gasteiger partial charge in [-0.1, -0.05) is 0 Å². The number of nitrogens with zero attached hydrogens (tertiary/aromatic N) is 1. The topological polar surface area (TPSA) is 76.1 Å². The summed E-state index contributed by atoms with van der Waals surface area (Å²) in [6, 6.07) is 5.01. The highest BCUT2D eigenvalue weighted by Gasteiger charge is 2.29. The van der Waals surface area contributed by atoms with Gasteiger partial charge in [-0.15, -0.1) is 0 Å². The molecular weight excluding hydrogens is 286 g/mol. The van der Waals surface area contributed by atoms with Gasteiger partial charge in [0.25, 0.3) is 5.91 Å². The number of ether oxygens (including phenoxy) is 2. The van der Waals surface area contributed by atoms with Crippen LogP contribution in [0.5, 0.6) is 11.5 Å². The SMILES string of the molecule is CCOc1cc(C(=O)N2CCC[C@H](C(=O)O)C2)ccc1OC. The Hall–Kier alpha value is -2.24. The molecule has 1 aliphatic heterocycles. The number of carboxylic acid groups (broad SMARTS) is 1. The molecular formula is C16H21NO5. The number of piperidine rings is 1. The second kappa shape index (κ2) is 7.15. The summed E-state index contributed by atoms with van der Waals surface area (Å²) in [7, 11) is 1.54. The molecule has 0 bridgehead atoms. The minimum Gasteiger partial charge on any atom is -0.493 e. The Morgan fingerprint density at radius 2 is 2.14 bits per heavy atom. The number of benzene rings is 1. The Bertz CT molecular complexity index is 557. The molecule has 120 valence electrons. The zero-order valence-corrected chi connectivity index (χ0v) is 12.9. The fraction of sp³-hybridized carbons (Fsp3) is 0.500. The van der Waals surface area contributed by atoms with Gasteiger partial charge in [0.1, 0.15) is 0 Å². The van der Waals surface area contributed by atoms with Gasteiger partial charge in [0.05, 0.1) is 19.6 Å². The Morgan fingerprint density at radius 1 is 1.36 bits per heavy atom. The first-order valence-electron chi connectivity index (χ1n) is 7.39. The molecule has 1 atom stereocenters. The summed E-state index contributed by atoms with van der Waals surface area (Å²) < 4.78 is 10.7. The van der Waals surface area contributed by atoms with Crippen LogP contribution >= 0.6 is 0 Å². The molecule has 1 aliphatic rings. The number of hydrogen-bond donors (Lipinski definition) is 1. The molecule has 1 heterocycles. The third-order valence-corrected chi connectivity index (χ3v) is 3.77. The molecule has 1 amide bonds. The number of amides is 1. The predicted octanol–water partition coefficient (Wildman–Crippen LogP) is 2.03. The number of aliphatic carboxylic acids is 1. The van der Waals surface area contributed by atoms with Crippen LogP contribution in [0.1, 0.15) is 30.1 Å². The predicted molar refractivity (Wildman–Crippen MR) is 80.4 cm³/mol. The molecule has 6 nitrogen and oxygen atoms in total. The summed E-state index contributed by atoms with van der Waals surface area (Å²) in [5, 5.41) is 9.12. The van der Waals surface area contributed by atoms with Crippen LogP contribution in [0.2, 0.25) is 0 Å². The summed E-state index contributed by atoms with van der Waals surface area (Å²) in [5.41, 5.74) is 0.482. The first-order valence-corrected chi connectivity index (χ1v) is 7.39. The average molecular weight is 307 g/mol. The van der Waals surface area contributed by atoms with E-state index in [1.807, 2.05) is 6.92 Å². The second-order valence-corrected chi connectivity index (χ2v) is 5.23. The zero-order chi connectivity index (χ0) is 16.1. The Labute approximate surface area is 129 Å². The average Bonchev–Trinajstić information content (AvgIpc) is 2.54. The molecule has 1 saturated heterocycles. The maximum atomic E-state index is 12.6. The summed E-state index contributed by atoms with van der Waals surface area (Å²) in [6.45, 7) is 3.16. The van der Waals surface area contributed by atoms with Crippen LogP contribution in [0, 0.1) is 5.92 Å². The lowest BCUT2D eigenvalue weighted by atomic mass is 9.97. The number of likely N-dealkylation sites (tertiary alicyclic amines) is 1. The number of rotatable bonds is 5. The van der Waals surface area contributed by atoms with Crippen molar-refractivity contribution in [1.29, 1.82) is 0 Å². The number of hydrogen-bond acceptors (Lipinski definition) is 4.